The predicted molar refractivity (Wildman–Crippen MR) is 70.2 cm³/mol. The molecule has 0 aromatic heterocycles. The zero-order valence-electron chi connectivity index (χ0n) is 10.1. The molecule has 1 rings (SSSR count). The zero-order valence-corrected chi connectivity index (χ0v) is 10.9. The van der Waals surface area contributed by atoms with Crippen molar-refractivity contribution in [2.75, 3.05) is 12.3 Å². The molecule has 0 saturated carbocycles. The molecule has 1 aromatic carbocycles. The van der Waals surface area contributed by atoms with E-state index in [4.69, 9.17) is 5.73 Å². The van der Waals surface area contributed by atoms with Gasteiger partial charge in [0.25, 0.3) is 0 Å². The lowest BCUT2D eigenvalue weighted by Gasteiger charge is -2.10. The first-order chi connectivity index (χ1) is 8.03. The van der Waals surface area contributed by atoms with Gasteiger partial charge in [0.1, 0.15) is 0 Å². The van der Waals surface area contributed by atoms with E-state index in [9.17, 15) is 8.42 Å². The van der Waals surface area contributed by atoms with Gasteiger partial charge in [-0.15, -0.1) is 0 Å². The topological polar surface area (TPSA) is 72.2 Å². The molecule has 3 N–H and O–H groups in total. The summed E-state index contributed by atoms with van der Waals surface area (Å²) in [6, 6.07) is 9.46. The van der Waals surface area contributed by atoms with E-state index in [2.05, 4.69) is 4.72 Å². The molecule has 1 aromatic rings. The average Bonchev–Trinajstić information content (AvgIpc) is 2.35. The average molecular weight is 256 g/mol. The van der Waals surface area contributed by atoms with Crippen LogP contribution in [-0.4, -0.2) is 26.8 Å². The molecule has 96 valence electrons. The second-order valence-electron chi connectivity index (χ2n) is 4.07. The molecule has 0 aliphatic rings. The Morgan fingerprint density at radius 2 is 1.94 bits per heavy atom. The van der Waals surface area contributed by atoms with Crippen molar-refractivity contribution in [3.8, 4) is 0 Å². The van der Waals surface area contributed by atoms with E-state index in [1.807, 2.05) is 37.3 Å². The first-order valence-corrected chi connectivity index (χ1v) is 7.45. The summed E-state index contributed by atoms with van der Waals surface area (Å²) in [4.78, 5) is 0. The van der Waals surface area contributed by atoms with Crippen LogP contribution in [0.25, 0.3) is 0 Å². The lowest BCUT2D eigenvalue weighted by Crippen LogP contribution is -2.38. The highest BCUT2D eigenvalue weighted by Crippen LogP contribution is 2.01. The highest BCUT2D eigenvalue weighted by atomic mass is 32.2. The van der Waals surface area contributed by atoms with E-state index in [1.165, 1.54) is 0 Å². The fourth-order valence-corrected chi connectivity index (χ4v) is 2.46. The molecule has 0 bridgehead atoms. The van der Waals surface area contributed by atoms with Crippen molar-refractivity contribution in [3.05, 3.63) is 35.9 Å². The van der Waals surface area contributed by atoms with Crippen molar-refractivity contribution in [2.45, 2.75) is 25.8 Å². The summed E-state index contributed by atoms with van der Waals surface area (Å²) in [6.07, 6.45) is 1.29. The number of benzene rings is 1. The summed E-state index contributed by atoms with van der Waals surface area (Å²) in [5.41, 5.74) is 6.69. The smallest absolute Gasteiger partial charge is 0.211 e. The van der Waals surface area contributed by atoms with Crippen LogP contribution in [0.2, 0.25) is 0 Å². The Balaban J connectivity index is 2.40. The van der Waals surface area contributed by atoms with Gasteiger partial charge in [-0.05, 0) is 18.4 Å². The number of hydrogen-bond donors (Lipinski definition) is 2. The molecule has 0 radical (unpaired) electrons. The van der Waals surface area contributed by atoms with Gasteiger partial charge in [-0.2, -0.15) is 0 Å². The number of rotatable bonds is 7. The van der Waals surface area contributed by atoms with Gasteiger partial charge in [0.05, 0.1) is 5.75 Å². The van der Waals surface area contributed by atoms with E-state index in [0.29, 0.717) is 13.0 Å². The van der Waals surface area contributed by atoms with Crippen LogP contribution in [0.15, 0.2) is 30.3 Å². The van der Waals surface area contributed by atoms with E-state index in [-0.39, 0.29) is 11.8 Å². The Kier molecular flexibility index (Phi) is 5.61. The number of sulfonamides is 1. The third-order valence-electron chi connectivity index (χ3n) is 2.59. The molecule has 0 heterocycles. The lowest BCUT2D eigenvalue weighted by molar-refractivity contribution is 0.563. The maximum absolute atomic E-state index is 11.7. The maximum Gasteiger partial charge on any atom is 0.211 e. The summed E-state index contributed by atoms with van der Waals surface area (Å²) >= 11 is 0. The van der Waals surface area contributed by atoms with Crippen molar-refractivity contribution in [3.63, 3.8) is 0 Å². The molecule has 0 amide bonds. The van der Waals surface area contributed by atoms with Crippen LogP contribution in [0, 0.1) is 0 Å². The van der Waals surface area contributed by atoms with Crippen molar-refractivity contribution in [1.29, 1.82) is 0 Å². The Morgan fingerprint density at radius 1 is 1.29 bits per heavy atom. The minimum absolute atomic E-state index is 0.105. The molecule has 1 atom stereocenters. The Hall–Kier alpha value is -0.910. The normalized spacial score (nSPS) is 13.5. The second-order valence-corrected chi connectivity index (χ2v) is 6.00. The standard InChI is InChI=1S/C12H20N2O2S/c1-2-12(13)10-14-17(15,16)9-8-11-6-4-3-5-7-11/h3-7,12,14H,2,8-10,13H2,1H3. The minimum atomic E-state index is -3.21. The fourth-order valence-electron chi connectivity index (χ4n) is 1.35. The first-order valence-electron chi connectivity index (χ1n) is 5.80. The van der Waals surface area contributed by atoms with Crippen molar-refractivity contribution >= 4 is 10.0 Å². The summed E-state index contributed by atoms with van der Waals surface area (Å²) in [7, 11) is -3.21. The van der Waals surface area contributed by atoms with Gasteiger partial charge in [0.2, 0.25) is 10.0 Å². The molecule has 5 heteroatoms. The van der Waals surface area contributed by atoms with E-state index < -0.39 is 10.0 Å². The van der Waals surface area contributed by atoms with Crippen LogP contribution in [0.3, 0.4) is 0 Å². The van der Waals surface area contributed by atoms with Crippen molar-refractivity contribution < 1.29 is 8.42 Å². The number of nitrogens with one attached hydrogen (secondary N) is 1. The number of aryl methyl sites for hydroxylation is 1. The fraction of sp³-hybridized carbons (Fsp3) is 0.500. The number of nitrogens with two attached hydrogens (primary N) is 1. The molecule has 1 unspecified atom stereocenters. The van der Waals surface area contributed by atoms with E-state index in [1.54, 1.807) is 0 Å². The quantitative estimate of drug-likeness (QED) is 0.761. The van der Waals surface area contributed by atoms with Crippen molar-refractivity contribution in [2.24, 2.45) is 5.73 Å². The highest BCUT2D eigenvalue weighted by Gasteiger charge is 2.11. The Labute approximate surface area is 103 Å². The second kappa shape index (κ2) is 6.74. The van der Waals surface area contributed by atoms with E-state index >= 15 is 0 Å². The van der Waals surface area contributed by atoms with Gasteiger partial charge < -0.3 is 5.73 Å². The molecule has 0 fully saturated rings. The molecular formula is C12H20N2O2S. The van der Waals surface area contributed by atoms with Crippen LogP contribution < -0.4 is 10.5 Å². The highest BCUT2D eigenvalue weighted by molar-refractivity contribution is 7.89. The Bertz CT molecular complexity index is 417. The molecule has 0 saturated heterocycles. The van der Waals surface area contributed by atoms with Gasteiger partial charge in [0, 0.05) is 12.6 Å². The molecular weight excluding hydrogens is 236 g/mol. The van der Waals surface area contributed by atoms with Gasteiger partial charge in [-0.25, -0.2) is 13.1 Å². The zero-order chi connectivity index (χ0) is 12.7. The van der Waals surface area contributed by atoms with Crippen molar-refractivity contribution in [1.82, 2.24) is 4.72 Å². The molecule has 4 nitrogen and oxygen atoms in total. The van der Waals surface area contributed by atoms with E-state index in [0.717, 1.165) is 12.0 Å². The monoisotopic (exact) mass is 256 g/mol. The first kappa shape index (κ1) is 14.2. The van der Waals surface area contributed by atoms with Crippen LogP contribution in [0.5, 0.6) is 0 Å². The predicted octanol–water partition coefficient (Wildman–Crippen LogP) is 0.886. The molecule has 0 spiro atoms. The Morgan fingerprint density at radius 3 is 2.53 bits per heavy atom. The molecule has 0 aliphatic carbocycles. The lowest BCUT2D eigenvalue weighted by atomic mass is 10.2. The summed E-state index contributed by atoms with van der Waals surface area (Å²) in [6.45, 7) is 2.25. The molecule has 0 aliphatic heterocycles. The SMILES string of the molecule is CCC(N)CNS(=O)(=O)CCc1ccccc1. The van der Waals surface area contributed by atoms with Gasteiger partial charge >= 0.3 is 0 Å². The molecule has 17 heavy (non-hydrogen) atoms. The summed E-state index contributed by atoms with van der Waals surface area (Å²) in [5, 5.41) is 0. The van der Waals surface area contributed by atoms with Gasteiger partial charge in [0.15, 0.2) is 0 Å². The maximum atomic E-state index is 11.7. The third-order valence-corrected chi connectivity index (χ3v) is 3.94. The minimum Gasteiger partial charge on any atom is -0.327 e. The summed E-state index contributed by atoms with van der Waals surface area (Å²) < 4.78 is 25.8. The largest absolute Gasteiger partial charge is 0.327 e. The third kappa shape index (κ3) is 5.81. The van der Waals surface area contributed by atoms with Crippen LogP contribution in [-0.2, 0) is 16.4 Å². The van der Waals surface area contributed by atoms with Crippen LogP contribution >= 0.6 is 0 Å². The summed E-state index contributed by atoms with van der Waals surface area (Å²) in [5.74, 6) is 0.105. The van der Waals surface area contributed by atoms with Crippen LogP contribution in [0.1, 0.15) is 18.9 Å². The van der Waals surface area contributed by atoms with Crippen LogP contribution in [0.4, 0.5) is 0 Å². The van der Waals surface area contributed by atoms with Gasteiger partial charge in [-0.1, -0.05) is 37.3 Å². The number of hydrogen-bond acceptors (Lipinski definition) is 3. The van der Waals surface area contributed by atoms with Gasteiger partial charge in [-0.3, -0.25) is 0 Å².